The fourth-order valence-corrected chi connectivity index (χ4v) is 6.05. The smallest absolute Gasteiger partial charge is 0.300 e. The first-order valence-corrected chi connectivity index (χ1v) is 12.1. The molecule has 1 heterocycles. The molecule has 4 nitrogen and oxygen atoms in total. The van der Waals surface area contributed by atoms with Crippen LogP contribution in [0.3, 0.4) is 0 Å². The van der Waals surface area contributed by atoms with Crippen LogP contribution < -0.4 is 0 Å². The van der Waals surface area contributed by atoms with Gasteiger partial charge in [0.25, 0.3) is 0 Å². The number of rotatable bonds is 5. The summed E-state index contributed by atoms with van der Waals surface area (Å²) in [6, 6.07) is 12.9. The zero-order valence-corrected chi connectivity index (χ0v) is 19.0. The van der Waals surface area contributed by atoms with E-state index in [2.05, 4.69) is 0 Å². The molecule has 184 valence electrons. The lowest BCUT2D eigenvalue weighted by molar-refractivity contribution is -0.137. The van der Waals surface area contributed by atoms with Crippen LogP contribution in [0.4, 0.5) is 22.0 Å². The van der Waals surface area contributed by atoms with E-state index in [1.807, 2.05) is 0 Å². The quantitative estimate of drug-likeness (QED) is 0.425. The Labute approximate surface area is 199 Å². The Morgan fingerprint density at radius 2 is 1.40 bits per heavy atom. The van der Waals surface area contributed by atoms with Crippen LogP contribution in [-0.4, -0.2) is 31.1 Å². The van der Waals surface area contributed by atoms with Gasteiger partial charge in [0.2, 0.25) is 10.0 Å². The van der Waals surface area contributed by atoms with Crippen molar-refractivity contribution >= 4 is 15.8 Å². The van der Waals surface area contributed by atoms with E-state index in [-0.39, 0.29) is 25.2 Å². The van der Waals surface area contributed by atoms with E-state index < -0.39 is 50.3 Å². The summed E-state index contributed by atoms with van der Waals surface area (Å²) in [6.45, 7) is -0.235. The molecule has 0 bridgehead atoms. The number of piperidine rings is 1. The first kappa shape index (κ1) is 25.0. The van der Waals surface area contributed by atoms with Crippen molar-refractivity contribution in [3.8, 4) is 0 Å². The van der Waals surface area contributed by atoms with Gasteiger partial charge in [-0.05, 0) is 53.6 Å². The van der Waals surface area contributed by atoms with Crippen molar-refractivity contribution in [1.82, 2.24) is 4.31 Å². The fourth-order valence-electron chi connectivity index (χ4n) is 4.37. The number of carbonyl (C=O) groups is 1. The van der Waals surface area contributed by atoms with Gasteiger partial charge in [-0.2, -0.15) is 17.5 Å². The predicted octanol–water partition coefficient (Wildman–Crippen LogP) is 5.54. The van der Waals surface area contributed by atoms with Crippen LogP contribution in [0.2, 0.25) is 0 Å². The van der Waals surface area contributed by atoms with E-state index in [1.165, 1.54) is 48.5 Å². The number of nitrogens with zero attached hydrogens (tertiary/aromatic N) is 1. The van der Waals surface area contributed by atoms with Crippen molar-refractivity contribution < 1.29 is 35.2 Å². The minimum absolute atomic E-state index is 0.103. The van der Waals surface area contributed by atoms with Crippen LogP contribution in [0.1, 0.15) is 35.4 Å². The molecular weight excluding hydrogens is 489 g/mol. The fraction of sp³-hybridized carbons (Fsp3) is 0.240. The van der Waals surface area contributed by atoms with E-state index in [4.69, 9.17) is 0 Å². The second kappa shape index (κ2) is 9.50. The third-order valence-electron chi connectivity index (χ3n) is 6.03. The van der Waals surface area contributed by atoms with Gasteiger partial charge in [0, 0.05) is 31.3 Å². The van der Waals surface area contributed by atoms with E-state index in [0.29, 0.717) is 17.2 Å². The molecule has 3 aromatic rings. The minimum atomic E-state index is -4.74. The highest BCUT2D eigenvalue weighted by Gasteiger charge is 2.42. The van der Waals surface area contributed by atoms with E-state index in [9.17, 15) is 35.2 Å². The molecule has 1 atom stereocenters. The zero-order chi connectivity index (χ0) is 25.4. The van der Waals surface area contributed by atoms with E-state index in [1.54, 1.807) is 0 Å². The molecule has 1 aliphatic rings. The third-order valence-corrected chi connectivity index (χ3v) is 7.95. The van der Waals surface area contributed by atoms with Crippen molar-refractivity contribution in [3.05, 3.63) is 101 Å². The van der Waals surface area contributed by atoms with Gasteiger partial charge in [-0.3, -0.25) is 4.79 Å². The Morgan fingerprint density at radius 3 is 1.91 bits per heavy atom. The molecule has 0 saturated carbocycles. The van der Waals surface area contributed by atoms with Crippen molar-refractivity contribution in [2.45, 2.75) is 35.9 Å². The highest BCUT2D eigenvalue weighted by atomic mass is 32.2. The van der Waals surface area contributed by atoms with Gasteiger partial charge in [-0.1, -0.05) is 30.3 Å². The van der Waals surface area contributed by atoms with Gasteiger partial charge >= 0.3 is 6.18 Å². The number of hydrogen-bond acceptors (Lipinski definition) is 3. The molecule has 0 spiro atoms. The second-order valence-corrected chi connectivity index (χ2v) is 10.2. The lowest BCUT2D eigenvalue weighted by atomic mass is 9.81. The molecule has 4 rings (SSSR count). The maximum Gasteiger partial charge on any atom is 0.416 e. The van der Waals surface area contributed by atoms with Crippen molar-refractivity contribution in [1.29, 1.82) is 0 Å². The van der Waals surface area contributed by atoms with Gasteiger partial charge in [-0.15, -0.1) is 0 Å². The molecule has 10 heteroatoms. The van der Waals surface area contributed by atoms with Crippen LogP contribution >= 0.6 is 0 Å². The lowest BCUT2D eigenvalue weighted by Crippen LogP contribution is -2.49. The monoisotopic (exact) mass is 509 g/mol. The Kier molecular flexibility index (Phi) is 6.79. The number of benzene rings is 3. The molecule has 0 aliphatic carbocycles. The van der Waals surface area contributed by atoms with Crippen LogP contribution in [0.5, 0.6) is 0 Å². The molecule has 35 heavy (non-hydrogen) atoms. The summed E-state index contributed by atoms with van der Waals surface area (Å²) in [5, 5.41) is 0. The Balaban J connectivity index is 1.84. The van der Waals surface area contributed by atoms with Crippen LogP contribution in [0.15, 0.2) is 77.7 Å². The Bertz CT molecular complexity index is 1280. The average molecular weight is 509 g/mol. The molecule has 0 aromatic heterocycles. The summed E-state index contributed by atoms with van der Waals surface area (Å²) >= 11 is 0. The third kappa shape index (κ3) is 5.28. The number of sulfonamides is 1. The average Bonchev–Trinajstić information content (AvgIpc) is 2.81. The maximum atomic E-state index is 13.6. The topological polar surface area (TPSA) is 54.5 Å². The van der Waals surface area contributed by atoms with Crippen molar-refractivity contribution in [2.24, 2.45) is 0 Å². The van der Waals surface area contributed by atoms with Gasteiger partial charge in [0.05, 0.1) is 10.5 Å². The molecule has 1 aliphatic heterocycles. The van der Waals surface area contributed by atoms with Crippen molar-refractivity contribution in [3.63, 3.8) is 0 Å². The number of hydrogen-bond donors (Lipinski definition) is 0. The molecular formula is C25H20F5NO3S. The number of halogens is 5. The zero-order valence-electron chi connectivity index (χ0n) is 18.2. The molecule has 0 radical (unpaired) electrons. The van der Waals surface area contributed by atoms with Gasteiger partial charge in [-0.25, -0.2) is 17.2 Å². The number of alkyl halides is 3. The summed E-state index contributed by atoms with van der Waals surface area (Å²) in [4.78, 5) is 11.9. The summed E-state index contributed by atoms with van der Waals surface area (Å²) in [7, 11) is -4.46. The maximum absolute atomic E-state index is 13.6. The molecule has 0 N–H and O–H groups in total. The minimum Gasteiger partial charge on any atom is -0.300 e. The Morgan fingerprint density at radius 1 is 0.857 bits per heavy atom. The van der Waals surface area contributed by atoms with E-state index >= 15 is 0 Å². The summed E-state index contributed by atoms with van der Waals surface area (Å²) in [6.07, 6.45) is -5.06. The molecule has 0 amide bonds. The molecule has 1 unspecified atom stereocenters. The van der Waals surface area contributed by atoms with Crippen molar-refractivity contribution in [2.75, 3.05) is 6.54 Å². The highest BCUT2D eigenvalue weighted by Crippen LogP contribution is 2.39. The normalized spacial score (nSPS) is 17.7. The van der Waals surface area contributed by atoms with Crippen LogP contribution in [0, 0.1) is 11.6 Å². The first-order chi connectivity index (χ1) is 16.5. The largest absolute Gasteiger partial charge is 0.416 e. The summed E-state index contributed by atoms with van der Waals surface area (Å²) < 4.78 is 95.2. The van der Waals surface area contributed by atoms with Gasteiger partial charge < -0.3 is 0 Å². The standard InChI is InChI=1S/C25H20F5NO3S/c26-19-8-4-16(5-9-19)24(17-6-10-20(27)11-7-17)23-15-21(32)12-13-31(23)35(33,34)22-3-1-2-18(14-22)25(28,29)30/h1-11,14,23-24H,12-13,15H2. The summed E-state index contributed by atoms with van der Waals surface area (Å²) in [5.41, 5.74) is -0.166. The molecule has 1 fully saturated rings. The second-order valence-electron chi connectivity index (χ2n) is 8.28. The Hall–Kier alpha value is -3.11. The number of carbonyl (C=O) groups excluding carboxylic acids is 1. The number of ketones is 1. The predicted molar refractivity (Wildman–Crippen MR) is 118 cm³/mol. The molecule has 3 aromatic carbocycles. The van der Waals surface area contributed by atoms with E-state index in [0.717, 1.165) is 22.5 Å². The lowest BCUT2D eigenvalue weighted by Gasteiger charge is -2.39. The number of Topliss-reactive ketones (excluding diaryl/α,β-unsaturated/α-hetero) is 1. The van der Waals surface area contributed by atoms with Gasteiger partial charge in [0.15, 0.2) is 0 Å². The van der Waals surface area contributed by atoms with Crippen LogP contribution in [0.25, 0.3) is 0 Å². The SMILES string of the molecule is O=C1CCN(S(=O)(=O)c2cccc(C(F)(F)F)c2)C(C(c2ccc(F)cc2)c2ccc(F)cc2)C1. The van der Waals surface area contributed by atoms with Crippen LogP contribution in [-0.2, 0) is 21.0 Å². The molecule has 1 saturated heterocycles. The first-order valence-electron chi connectivity index (χ1n) is 10.7. The highest BCUT2D eigenvalue weighted by molar-refractivity contribution is 7.89. The van der Waals surface area contributed by atoms with Gasteiger partial charge in [0.1, 0.15) is 17.4 Å². The summed E-state index contributed by atoms with van der Waals surface area (Å²) in [5.74, 6) is -2.08.